The van der Waals surface area contributed by atoms with Gasteiger partial charge < -0.3 is 14.2 Å². The maximum Gasteiger partial charge on any atom is 0.413 e. The summed E-state index contributed by atoms with van der Waals surface area (Å²) in [6.45, 7) is 9.82. The molecule has 1 amide bonds. The van der Waals surface area contributed by atoms with Crippen molar-refractivity contribution in [1.82, 2.24) is 4.90 Å². The van der Waals surface area contributed by atoms with Crippen molar-refractivity contribution in [2.24, 2.45) is 0 Å². The van der Waals surface area contributed by atoms with Gasteiger partial charge in [0.15, 0.2) is 6.29 Å². The Morgan fingerprint density at radius 1 is 1.20 bits per heavy atom. The highest BCUT2D eigenvalue weighted by molar-refractivity contribution is 5.80. The second-order valence-electron chi connectivity index (χ2n) is 8.81. The number of amides is 1. The van der Waals surface area contributed by atoms with Crippen LogP contribution in [0.4, 0.5) is 4.79 Å². The van der Waals surface area contributed by atoms with E-state index in [-0.39, 0.29) is 6.04 Å². The lowest BCUT2D eigenvalue weighted by Gasteiger charge is -2.35. The van der Waals surface area contributed by atoms with Crippen LogP contribution in [-0.2, 0) is 16.1 Å². The summed E-state index contributed by atoms with van der Waals surface area (Å²) in [5.74, 6) is 0.500. The number of rotatable bonds is 5. The number of benzene rings is 2. The molecule has 3 rings (SSSR count). The van der Waals surface area contributed by atoms with Crippen LogP contribution in [0, 0.1) is 0 Å². The fraction of sp³-hybridized carbons (Fsp3) is 0.417. The van der Waals surface area contributed by atoms with Crippen molar-refractivity contribution in [1.29, 1.82) is 0 Å². The molecule has 160 valence electrons. The number of carbonyl (C=O) groups is 2. The first kappa shape index (κ1) is 21.8. The minimum Gasteiger partial charge on any atom is -0.488 e. The van der Waals surface area contributed by atoms with Crippen molar-refractivity contribution >= 4 is 12.4 Å². The van der Waals surface area contributed by atoms with Gasteiger partial charge in [-0.05, 0) is 57.9 Å². The Kier molecular flexibility index (Phi) is 6.17. The highest BCUT2D eigenvalue weighted by Crippen LogP contribution is 2.39. The van der Waals surface area contributed by atoms with E-state index in [1.807, 2.05) is 71.0 Å². The van der Waals surface area contributed by atoms with Crippen LogP contribution in [-0.4, -0.2) is 35.2 Å². The molecular weight excluding hydrogens is 382 g/mol. The Morgan fingerprint density at radius 2 is 1.90 bits per heavy atom. The summed E-state index contributed by atoms with van der Waals surface area (Å²) in [6.07, 6.45) is 0.315. The van der Waals surface area contributed by atoms with Crippen LogP contribution in [0.3, 0.4) is 0 Å². The highest BCUT2D eigenvalue weighted by atomic mass is 16.6. The van der Waals surface area contributed by atoms with Crippen LogP contribution in [0.25, 0.3) is 0 Å². The van der Waals surface area contributed by atoms with Crippen molar-refractivity contribution in [2.45, 2.75) is 58.6 Å². The Balaban J connectivity index is 1.83. The summed E-state index contributed by atoms with van der Waals surface area (Å²) in [5.41, 5.74) is 0.790. The molecule has 0 radical (unpaired) electrons. The predicted molar refractivity (Wildman–Crippen MR) is 113 cm³/mol. The molecule has 0 bridgehead atoms. The van der Waals surface area contributed by atoms with Gasteiger partial charge in [0.25, 0.3) is 0 Å². The first-order chi connectivity index (χ1) is 14.1. The van der Waals surface area contributed by atoms with Gasteiger partial charge in [0, 0.05) is 0 Å². The zero-order valence-electron chi connectivity index (χ0n) is 18.2. The second kappa shape index (κ2) is 8.48. The number of ether oxygens (including phenoxy) is 3. The largest absolute Gasteiger partial charge is 0.488 e. The van der Waals surface area contributed by atoms with Gasteiger partial charge in [0.05, 0.1) is 18.2 Å². The number of hydrogen-bond donors (Lipinski definition) is 0. The average molecular weight is 411 g/mol. The van der Waals surface area contributed by atoms with Gasteiger partial charge in [-0.25, -0.2) is 4.79 Å². The zero-order valence-corrected chi connectivity index (χ0v) is 18.2. The van der Waals surface area contributed by atoms with Crippen molar-refractivity contribution in [3.05, 3.63) is 65.2 Å². The molecule has 1 saturated heterocycles. The van der Waals surface area contributed by atoms with Crippen molar-refractivity contribution in [2.75, 3.05) is 6.61 Å². The third-order valence-electron chi connectivity index (χ3n) is 4.86. The summed E-state index contributed by atoms with van der Waals surface area (Å²) < 4.78 is 17.3. The summed E-state index contributed by atoms with van der Waals surface area (Å²) in [4.78, 5) is 26.2. The van der Waals surface area contributed by atoms with Gasteiger partial charge >= 0.3 is 6.09 Å². The molecule has 30 heavy (non-hydrogen) atoms. The number of aldehydes is 1. The minimum absolute atomic E-state index is 0.314. The Morgan fingerprint density at radius 3 is 2.53 bits per heavy atom. The van der Waals surface area contributed by atoms with Gasteiger partial charge in [0.1, 0.15) is 23.7 Å². The van der Waals surface area contributed by atoms with Crippen LogP contribution in [0.5, 0.6) is 5.75 Å². The topological polar surface area (TPSA) is 65.1 Å². The molecule has 0 N–H and O–H groups in total. The van der Waals surface area contributed by atoms with Crippen LogP contribution in [0.15, 0.2) is 48.5 Å². The van der Waals surface area contributed by atoms with E-state index in [0.29, 0.717) is 24.5 Å². The van der Waals surface area contributed by atoms with Crippen molar-refractivity contribution < 1.29 is 23.8 Å². The van der Waals surface area contributed by atoms with Crippen molar-refractivity contribution in [3.8, 4) is 5.75 Å². The summed E-state index contributed by atoms with van der Waals surface area (Å²) in [6, 6.07) is 14.8. The second-order valence-corrected chi connectivity index (χ2v) is 8.81. The first-order valence-corrected chi connectivity index (χ1v) is 10.0. The molecule has 6 nitrogen and oxygen atoms in total. The molecule has 1 aliphatic heterocycles. The third kappa shape index (κ3) is 5.00. The Hall–Kier alpha value is -2.86. The Bertz CT molecular complexity index is 902. The van der Waals surface area contributed by atoms with E-state index in [1.54, 1.807) is 17.0 Å². The van der Waals surface area contributed by atoms with E-state index >= 15 is 0 Å². The average Bonchev–Trinajstić information content (AvgIpc) is 3.01. The van der Waals surface area contributed by atoms with Crippen LogP contribution >= 0.6 is 0 Å². The van der Waals surface area contributed by atoms with E-state index in [2.05, 4.69) is 0 Å². The van der Waals surface area contributed by atoms with E-state index in [4.69, 9.17) is 14.2 Å². The molecule has 0 aromatic heterocycles. The van der Waals surface area contributed by atoms with Gasteiger partial charge in [0.2, 0.25) is 0 Å². The molecule has 0 saturated carbocycles. The van der Waals surface area contributed by atoms with Crippen LogP contribution in [0.2, 0.25) is 0 Å². The molecule has 2 aromatic rings. The molecule has 1 aliphatic rings. The highest BCUT2D eigenvalue weighted by Gasteiger charge is 2.46. The lowest BCUT2D eigenvalue weighted by atomic mass is 10.0. The SMILES string of the molecule is CC(C)(C)OC(=O)N1[C@H](c2ccc(OCc3ccccc3)c(C=O)c2)COC1(C)C. The van der Waals surface area contributed by atoms with Crippen molar-refractivity contribution in [3.63, 3.8) is 0 Å². The van der Waals surface area contributed by atoms with E-state index in [0.717, 1.165) is 17.4 Å². The first-order valence-electron chi connectivity index (χ1n) is 10.0. The quantitative estimate of drug-likeness (QED) is 0.639. The molecule has 0 spiro atoms. The van der Waals surface area contributed by atoms with E-state index in [1.165, 1.54) is 0 Å². The van der Waals surface area contributed by atoms with E-state index < -0.39 is 17.4 Å². The van der Waals surface area contributed by atoms with Crippen LogP contribution in [0.1, 0.15) is 62.1 Å². The molecular formula is C24H29NO5. The smallest absolute Gasteiger partial charge is 0.413 e. The van der Waals surface area contributed by atoms with Gasteiger partial charge in [-0.15, -0.1) is 0 Å². The summed E-state index contributed by atoms with van der Waals surface area (Å²) in [7, 11) is 0. The number of carbonyl (C=O) groups excluding carboxylic acids is 2. The third-order valence-corrected chi connectivity index (χ3v) is 4.86. The van der Waals surface area contributed by atoms with Gasteiger partial charge in [-0.2, -0.15) is 0 Å². The fourth-order valence-corrected chi connectivity index (χ4v) is 3.44. The minimum atomic E-state index is -0.823. The molecule has 6 heteroatoms. The monoisotopic (exact) mass is 411 g/mol. The summed E-state index contributed by atoms with van der Waals surface area (Å²) in [5, 5.41) is 0. The lowest BCUT2D eigenvalue weighted by Crippen LogP contribution is -2.47. The van der Waals surface area contributed by atoms with Gasteiger partial charge in [-0.1, -0.05) is 36.4 Å². The molecule has 0 unspecified atom stereocenters. The molecule has 2 aromatic carbocycles. The summed E-state index contributed by atoms with van der Waals surface area (Å²) >= 11 is 0. The normalized spacial score (nSPS) is 18.2. The van der Waals surface area contributed by atoms with Gasteiger partial charge in [-0.3, -0.25) is 9.69 Å². The lowest BCUT2D eigenvalue weighted by molar-refractivity contribution is -0.0626. The molecule has 0 aliphatic carbocycles. The predicted octanol–water partition coefficient (Wildman–Crippen LogP) is 5.12. The van der Waals surface area contributed by atoms with E-state index in [9.17, 15) is 9.59 Å². The standard InChI is InChI=1S/C24H29NO5/c1-23(2,3)30-22(27)25-20(16-29-24(25,4)5)18-11-12-21(19(13-18)14-26)28-15-17-9-7-6-8-10-17/h6-14,20H,15-16H2,1-5H3/t20-/m0/s1. The maximum absolute atomic E-state index is 12.9. The molecule has 1 atom stereocenters. The molecule has 1 fully saturated rings. The molecule has 1 heterocycles. The fourth-order valence-electron chi connectivity index (χ4n) is 3.44. The number of hydrogen-bond acceptors (Lipinski definition) is 5. The number of nitrogens with zero attached hydrogens (tertiary/aromatic N) is 1. The Labute approximate surface area is 177 Å². The maximum atomic E-state index is 12.9. The zero-order chi connectivity index (χ0) is 21.9. The van der Waals surface area contributed by atoms with Crippen LogP contribution < -0.4 is 4.74 Å².